The minimum atomic E-state index is -0.903. The van der Waals surface area contributed by atoms with E-state index in [2.05, 4.69) is 10.3 Å². The van der Waals surface area contributed by atoms with Crippen LogP contribution in [0.25, 0.3) is 11.3 Å². The fourth-order valence-corrected chi connectivity index (χ4v) is 2.45. The predicted molar refractivity (Wildman–Crippen MR) is 80.1 cm³/mol. The summed E-state index contributed by atoms with van der Waals surface area (Å²) in [6.07, 6.45) is 1.55. The van der Waals surface area contributed by atoms with Crippen LogP contribution in [-0.2, 0) is 11.3 Å². The van der Waals surface area contributed by atoms with Gasteiger partial charge in [-0.1, -0.05) is 23.7 Å². The third-order valence-corrected chi connectivity index (χ3v) is 3.64. The molecule has 114 valence electrons. The van der Waals surface area contributed by atoms with Crippen LogP contribution in [0.2, 0.25) is 5.02 Å². The lowest BCUT2D eigenvalue weighted by Crippen LogP contribution is -2.40. The van der Waals surface area contributed by atoms with Crippen LogP contribution in [0.1, 0.15) is 19.7 Å². The van der Waals surface area contributed by atoms with Crippen molar-refractivity contribution in [2.45, 2.75) is 25.9 Å². The van der Waals surface area contributed by atoms with Crippen molar-refractivity contribution in [2.24, 2.45) is 0 Å². The zero-order valence-corrected chi connectivity index (χ0v) is 12.8. The number of rotatable bonds is 3. The van der Waals surface area contributed by atoms with E-state index in [9.17, 15) is 9.59 Å². The molecule has 1 saturated heterocycles. The molecule has 22 heavy (non-hydrogen) atoms. The monoisotopic (exact) mass is 319 g/mol. The van der Waals surface area contributed by atoms with Crippen LogP contribution >= 0.6 is 11.6 Å². The van der Waals surface area contributed by atoms with E-state index in [1.165, 1.54) is 0 Å². The summed E-state index contributed by atoms with van der Waals surface area (Å²) in [4.78, 5) is 29.2. The highest BCUT2D eigenvalue weighted by molar-refractivity contribution is 6.30. The molecule has 2 heterocycles. The molecule has 1 N–H and O–H groups in total. The van der Waals surface area contributed by atoms with Gasteiger partial charge in [0.25, 0.3) is 5.91 Å². The Morgan fingerprint density at radius 2 is 2.14 bits per heavy atom. The molecular weight excluding hydrogens is 306 g/mol. The first-order valence-corrected chi connectivity index (χ1v) is 7.09. The van der Waals surface area contributed by atoms with E-state index < -0.39 is 11.6 Å². The Morgan fingerprint density at radius 1 is 1.36 bits per heavy atom. The first-order valence-electron chi connectivity index (χ1n) is 6.71. The van der Waals surface area contributed by atoms with Gasteiger partial charge in [-0.15, -0.1) is 0 Å². The quantitative estimate of drug-likeness (QED) is 0.883. The van der Waals surface area contributed by atoms with Crippen molar-refractivity contribution in [3.63, 3.8) is 0 Å². The molecular formula is C15H14ClN3O3. The van der Waals surface area contributed by atoms with Crippen molar-refractivity contribution < 1.29 is 14.0 Å². The summed E-state index contributed by atoms with van der Waals surface area (Å²) < 4.78 is 5.61. The minimum absolute atomic E-state index is 0.00530. The number of carbonyl (C=O) groups is 2. The molecule has 1 aliphatic rings. The van der Waals surface area contributed by atoms with Crippen LogP contribution in [0, 0.1) is 0 Å². The van der Waals surface area contributed by atoms with E-state index in [1.807, 2.05) is 6.07 Å². The third-order valence-electron chi connectivity index (χ3n) is 3.40. The topological polar surface area (TPSA) is 75.4 Å². The zero-order valence-electron chi connectivity index (χ0n) is 12.1. The number of nitrogens with one attached hydrogen (secondary N) is 1. The van der Waals surface area contributed by atoms with Gasteiger partial charge in [-0.25, -0.2) is 9.78 Å². The molecule has 0 unspecified atom stereocenters. The van der Waals surface area contributed by atoms with Crippen LogP contribution in [0.4, 0.5) is 4.79 Å². The lowest BCUT2D eigenvalue weighted by molar-refractivity contribution is -0.130. The molecule has 7 heteroatoms. The molecule has 1 aromatic carbocycles. The highest BCUT2D eigenvalue weighted by Crippen LogP contribution is 2.25. The molecule has 3 rings (SSSR count). The minimum Gasteiger partial charge on any atom is -0.439 e. The summed E-state index contributed by atoms with van der Waals surface area (Å²) in [7, 11) is 0. The number of benzene rings is 1. The molecule has 1 aliphatic heterocycles. The van der Waals surface area contributed by atoms with Crippen LogP contribution < -0.4 is 5.32 Å². The third kappa shape index (κ3) is 2.57. The maximum Gasteiger partial charge on any atom is 0.325 e. The Hall–Kier alpha value is -2.34. The smallest absolute Gasteiger partial charge is 0.325 e. The number of halogens is 1. The highest BCUT2D eigenvalue weighted by Gasteiger charge is 2.44. The maximum absolute atomic E-state index is 12.1. The fraction of sp³-hybridized carbons (Fsp3) is 0.267. The Bertz CT molecular complexity index is 754. The molecule has 0 radical (unpaired) electrons. The van der Waals surface area contributed by atoms with E-state index in [0.29, 0.717) is 10.8 Å². The summed E-state index contributed by atoms with van der Waals surface area (Å²) in [6, 6.07) is 6.71. The van der Waals surface area contributed by atoms with Gasteiger partial charge in [-0.05, 0) is 26.0 Å². The molecule has 0 spiro atoms. The molecule has 0 bridgehead atoms. The molecule has 0 aliphatic carbocycles. The van der Waals surface area contributed by atoms with Crippen LogP contribution in [0.15, 0.2) is 34.9 Å². The molecule has 3 amide bonds. The van der Waals surface area contributed by atoms with Gasteiger partial charge in [0, 0.05) is 10.6 Å². The summed E-state index contributed by atoms with van der Waals surface area (Å²) in [5.41, 5.74) is -0.122. The number of nitrogens with zero attached hydrogens (tertiary/aromatic N) is 2. The van der Waals surface area contributed by atoms with Gasteiger partial charge in [-0.3, -0.25) is 9.69 Å². The van der Waals surface area contributed by atoms with Crippen molar-refractivity contribution in [2.75, 3.05) is 0 Å². The number of imide groups is 1. The first kappa shape index (κ1) is 14.6. The number of hydrogen-bond acceptors (Lipinski definition) is 4. The van der Waals surface area contributed by atoms with Crippen molar-refractivity contribution in [3.8, 4) is 11.3 Å². The standard InChI is InChI=1S/C15H14ClN3O3/c1-15(2)13(20)19(14(21)18-15)8-12-17-7-11(22-12)9-4-3-5-10(16)6-9/h3-7H,8H2,1-2H3,(H,18,21). The van der Waals surface area contributed by atoms with Gasteiger partial charge in [0.15, 0.2) is 5.76 Å². The maximum atomic E-state index is 12.1. The summed E-state index contributed by atoms with van der Waals surface area (Å²) in [5.74, 6) is 0.514. The Kier molecular flexibility index (Phi) is 3.41. The second-order valence-corrected chi connectivity index (χ2v) is 6.01. The molecule has 6 nitrogen and oxygen atoms in total. The largest absolute Gasteiger partial charge is 0.439 e. The predicted octanol–water partition coefficient (Wildman–Crippen LogP) is 2.83. The number of aromatic nitrogens is 1. The van der Waals surface area contributed by atoms with Crippen LogP contribution in [0.3, 0.4) is 0 Å². The van der Waals surface area contributed by atoms with Gasteiger partial charge < -0.3 is 9.73 Å². The molecule has 1 aromatic heterocycles. The second-order valence-electron chi connectivity index (χ2n) is 5.58. The number of amides is 3. The summed E-state index contributed by atoms with van der Waals surface area (Å²) in [6.45, 7) is 3.30. The van der Waals surface area contributed by atoms with Gasteiger partial charge in [0.2, 0.25) is 5.89 Å². The molecule has 1 fully saturated rings. The Balaban J connectivity index is 1.81. The van der Waals surface area contributed by atoms with Crippen molar-refractivity contribution in [1.29, 1.82) is 0 Å². The normalized spacial score (nSPS) is 17.0. The number of oxazole rings is 1. The van der Waals surface area contributed by atoms with E-state index in [0.717, 1.165) is 10.5 Å². The number of hydrogen-bond donors (Lipinski definition) is 1. The SMILES string of the molecule is CC1(C)NC(=O)N(Cc2ncc(-c3cccc(Cl)c3)o2)C1=O. The average Bonchev–Trinajstić information content (AvgIpc) is 2.98. The molecule has 2 aromatic rings. The number of carbonyl (C=O) groups excluding carboxylic acids is 2. The van der Waals surface area contributed by atoms with Crippen molar-refractivity contribution >= 4 is 23.5 Å². The van der Waals surface area contributed by atoms with Gasteiger partial charge in [-0.2, -0.15) is 0 Å². The van der Waals surface area contributed by atoms with E-state index >= 15 is 0 Å². The van der Waals surface area contributed by atoms with Crippen LogP contribution in [0.5, 0.6) is 0 Å². The first-order chi connectivity index (χ1) is 10.4. The molecule has 0 atom stereocenters. The summed E-state index contributed by atoms with van der Waals surface area (Å²) in [5, 5.41) is 3.20. The Morgan fingerprint density at radius 3 is 2.77 bits per heavy atom. The number of urea groups is 1. The van der Waals surface area contributed by atoms with Crippen molar-refractivity contribution in [1.82, 2.24) is 15.2 Å². The van der Waals surface area contributed by atoms with Gasteiger partial charge in [0.05, 0.1) is 6.20 Å². The molecule has 0 saturated carbocycles. The lowest BCUT2D eigenvalue weighted by atomic mass is 10.1. The van der Waals surface area contributed by atoms with E-state index in [1.54, 1.807) is 38.2 Å². The van der Waals surface area contributed by atoms with E-state index in [4.69, 9.17) is 16.0 Å². The summed E-state index contributed by atoms with van der Waals surface area (Å²) >= 11 is 5.94. The highest BCUT2D eigenvalue weighted by atomic mass is 35.5. The second kappa shape index (κ2) is 5.14. The van der Waals surface area contributed by atoms with Crippen LogP contribution in [-0.4, -0.2) is 27.4 Å². The van der Waals surface area contributed by atoms with Gasteiger partial charge in [0.1, 0.15) is 12.1 Å². The van der Waals surface area contributed by atoms with Gasteiger partial charge >= 0.3 is 6.03 Å². The van der Waals surface area contributed by atoms with E-state index in [-0.39, 0.29) is 18.3 Å². The Labute approximate surface area is 132 Å². The van der Waals surface area contributed by atoms with Crippen molar-refractivity contribution in [3.05, 3.63) is 41.4 Å². The average molecular weight is 320 g/mol. The zero-order chi connectivity index (χ0) is 15.9. The fourth-order valence-electron chi connectivity index (χ4n) is 2.26. The lowest BCUT2D eigenvalue weighted by Gasteiger charge is -2.14.